The Morgan fingerprint density at radius 1 is 1.30 bits per heavy atom. The lowest BCUT2D eigenvalue weighted by atomic mass is 9.77. The van der Waals surface area contributed by atoms with Gasteiger partial charge in [-0.05, 0) is 63.3 Å². The third-order valence-electron chi connectivity index (χ3n) is 6.17. The number of aryl methyl sites for hydroxylation is 2. The van der Waals surface area contributed by atoms with Gasteiger partial charge in [0.25, 0.3) is 5.91 Å². The van der Waals surface area contributed by atoms with Crippen molar-refractivity contribution < 1.29 is 24.2 Å². The standard InChI is InChI=1S/C22H31ClN2O5/c1-14-9-17(10-15(2)20(14)23)29-12-19(27)25-7-5-22(6-8-25)11-18(24-16(3)26)21(4,28)13-30-22/h9-10,18,28H,5-8,11-13H2,1-4H3,(H,24,26)/t18-,21-/m0/s1. The van der Waals surface area contributed by atoms with Crippen molar-refractivity contribution in [1.29, 1.82) is 0 Å². The highest BCUT2D eigenvalue weighted by Crippen LogP contribution is 2.38. The van der Waals surface area contributed by atoms with Crippen LogP contribution in [0.15, 0.2) is 12.1 Å². The number of carbonyl (C=O) groups is 2. The minimum Gasteiger partial charge on any atom is -0.484 e. The predicted molar refractivity (Wildman–Crippen MR) is 114 cm³/mol. The second kappa shape index (κ2) is 8.73. The number of ether oxygens (including phenoxy) is 2. The zero-order valence-electron chi connectivity index (χ0n) is 18.1. The Hall–Kier alpha value is -1.83. The van der Waals surface area contributed by atoms with Crippen molar-refractivity contribution in [3.63, 3.8) is 0 Å². The first-order valence-electron chi connectivity index (χ1n) is 10.3. The van der Waals surface area contributed by atoms with Crippen molar-refractivity contribution in [2.75, 3.05) is 26.3 Å². The van der Waals surface area contributed by atoms with E-state index in [1.54, 1.807) is 11.8 Å². The topological polar surface area (TPSA) is 88.1 Å². The molecule has 2 saturated heterocycles. The molecule has 2 aliphatic rings. The molecule has 0 saturated carbocycles. The molecule has 1 spiro atoms. The van der Waals surface area contributed by atoms with E-state index in [1.165, 1.54) is 6.92 Å². The van der Waals surface area contributed by atoms with Crippen LogP contribution in [0.5, 0.6) is 5.75 Å². The van der Waals surface area contributed by atoms with Gasteiger partial charge >= 0.3 is 0 Å². The summed E-state index contributed by atoms with van der Waals surface area (Å²) in [5, 5.41) is 14.1. The lowest BCUT2D eigenvalue weighted by Crippen LogP contribution is -2.64. The van der Waals surface area contributed by atoms with E-state index in [1.807, 2.05) is 26.0 Å². The molecule has 1 aromatic rings. The Kier molecular flexibility index (Phi) is 6.65. The third-order valence-corrected chi connectivity index (χ3v) is 6.77. The van der Waals surface area contributed by atoms with Crippen molar-refractivity contribution in [2.24, 2.45) is 0 Å². The number of nitrogens with one attached hydrogen (secondary N) is 1. The van der Waals surface area contributed by atoms with Gasteiger partial charge < -0.3 is 24.8 Å². The Bertz CT molecular complexity index is 795. The number of aliphatic hydroxyl groups is 1. The Morgan fingerprint density at radius 3 is 2.47 bits per heavy atom. The SMILES string of the molecule is CC(=O)N[C@H]1CC2(CCN(C(=O)COc3cc(C)c(Cl)c(C)c3)CC2)OC[C@]1(C)O. The van der Waals surface area contributed by atoms with Crippen molar-refractivity contribution in [2.45, 2.75) is 64.2 Å². The summed E-state index contributed by atoms with van der Waals surface area (Å²) in [5.41, 5.74) is 0.292. The fourth-order valence-electron chi connectivity index (χ4n) is 4.24. The Balaban J connectivity index is 1.54. The van der Waals surface area contributed by atoms with Crippen LogP contribution in [0.25, 0.3) is 0 Å². The number of rotatable bonds is 4. The Morgan fingerprint density at radius 2 is 1.90 bits per heavy atom. The van der Waals surface area contributed by atoms with Gasteiger partial charge in [-0.25, -0.2) is 0 Å². The van der Waals surface area contributed by atoms with E-state index >= 15 is 0 Å². The van der Waals surface area contributed by atoms with E-state index in [0.29, 0.717) is 43.1 Å². The highest BCUT2D eigenvalue weighted by molar-refractivity contribution is 6.32. The van der Waals surface area contributed by atoms with Crippen molar-refractivity contribution in [3.8, 4) is 5.75 Å². The number of nitrogens with zero attached hydrogens (tertiary/aromatic N) is 1. The number of carbonyl (C=O) groups excluding carboxylic acids is 2. The molecule has 2 heterocycles. The van der Waals surface area contributed by atoms with Gasteiger partial charge in [-0.3, -0.25) is 9.59 Å². The molecule has 0 aromatic heterocycles. The van der Waals surface area contributed by atoms with Crippen LogP contribution in [-0.2, 0) is 14.3 Å². The molecule has 30 heavy (non-hydrogen) atoms. The molecule has 2 fully saturated rings. The van der Waals surface area contributed by atoms with Crippen LogP contribution in [-0.4, -0.2) is 65.4 Å². The molecule has 2 aliphatic heterocycles. The van der Waals surface area contributed by atoms with Crippen LogP contribution >= 0.6 is 11.6 Å². The van der Waals surface area contributed by atoms with Crippen molar-refractivity contribution in [3.05, 3.63) is 28.3 Å². The first-order chi connectivity index (χ1) is 14.0. The maximum absolute atomic E-state index is 12.6. The van der Waals surface area contributed by atoms with E-state index < -0.39 is 11.2 Å². The summed E-state index contributed by atoms with van der Waals surface area (Å²) in [6.07, 6.45) is 1.84. The lowest BCUT2D eigenvalue weighted by molar-refractivity contribution is -0.194. The molecule has 0 bridgehead atoms. The number of hydrogen-bond donors (Lipinski definition) is 2. The number of benzene rings is 1. The van der Waals surface area contributed by atoms with Crippen LogP contribution in [0.1, 0.15) is 44.2 Å². The maximum atomic E-state index is 12.6. The highest BCUT2D eigenvalue weighted by atomic mass is 35.5. The molecule has 2 amide bonds. The van der Waals surface area contributed by atoms with Crippen LogP contribution in [0.4, 0.5) is 0 Å². The van der Waals surface area contributed by atoms with Gasteiger partial charge in [0, 0.05) is 25.0 Å². The Labute approximate surface area is 182 Å². The summed E-state index contributed by atoms with van der Waals surface area (Å²) in [4.78, 5) is 25.9. The number of piperidine rings is 1. The lowest BCUT2D eigenvalue weighted by Gasteiger charge is -2.50. The molecule has 3 rings (SSSR count). The maximum Gasteiger partial charge on any atom is 0.260 e. The molecular formula is C22H31ClN2O5. The molecule has 0 radical (unpaired) electrons. The summed E-state index contributed by atoms with van der Waals surface area (Å²) in [6.45, 7) is 8.17. The van der Waals surface area contributed by atoms with Gasteiger partial charge in [-0.2, -0.15) is 0 Å². The molecule has 8 heteroatoms. The largest absolute Gasteiger partial charge is 0.484 e. The molecule has 0 unspecified atom stereocenters. The van der Waals surface area contributed by atoms with Gasteiger partial charge in [-0.15, -0.1) is 0 Å². The number of hydrogen-bond acceptors (Lipinski definition) is 5. The zero-order chi connectivity index (χ0) is 22.1. The van der Waals surface area contributed by atoms with E-state index in [9.17, 15) is 14.7 Å². The molecule has 1 aromatic carbocycles. The first-order valence-corrected chi connectivity index (χ1v) is 10.7. The van der Waals surface area contributed by atoms with E-state index in [0.717, 1.165) is 11.1 Å². The molecule has 7 nitrogen and oxygen atoms in total. The van der Waals surface area contributed by atoms with Crippen molar-refractivity contribution in [1.82, 2.24) is 10.2 Å². The zero-order valence-corrected chi connectivity index (χ0v) is 18.8. The van der Waals surface area contributed by atoms with Crippen LogP contribution in [0, 0.1) is 13.8 Å². The van der Waals surface area contributed by atoms with Crippen LogP contribution in [0.2, 0.25) is 5.02 Å². The highest BCUT2D eigenvalue weighted by Gasteiger charge is 2.49. The minimum atomic E-state index is -1.10. The fourth-order valence-corrected chi connectivity index (χ4v) is 4.35. The second-order valence-corrected chi connectivity index (χ2v) is 9.20. The normalized spacial score (nSPS) is 25.8. The first kappa shape index (κ1) is 22.8. The van der Waals surface area contributed by atoms with Crippen LogP contribution in [0.3, 0.4) is 0 Å². The third kappa shape index (κ3) is 5.07. The summed E-state index contributed by atoms with van der Waals surface area (Å²) in [6, 6.07) is 3.29. The van der Waals surface area contributed by atoms with Gasteiger partial charge in [0.05, 0.1) is 18.2 Å². The summed E-state index contributed by atoms with van der Waals surface area (Å²) in [5.74, 6) is 0.387. The fraction of sp³-hybridized carbons (Fsp3) is 0.636. The summed E-state index contributed by atoms with van der Waals surface area (Å²) >= 11 is 6.18. The summed E-state index contributed by atoms with van der Waals surface area (Å²) < 4.78 is 11.7. The smallest absolute Gasteiger partial charge is 0.260 e. The molecule has 0 aliphatic carbocycles. The number of likely N-dealkylation sites (tertiary alicyclic amines) is 1. The molecular weight excluding hydrogens is 408 g/mol. The van der Waals surface area contributed by atoms with E-state index in [-0.39, 0.29) is 31.1 Å². The van der Waals surface area contributed by atoms with Gasteiger partial charge in [0.1, 0.15) is 11.4 Å². The number of halogens is 1. The average molecular weight is 439 g/mol. The molecule has 2 atom stereocenters. The second-order valence-electron chi connectivity index (χ2n) is 8.83. The monoisotopic (exact) mass is 438 g/mol. The predicted octanol–water partition coefficient (Wildman–Crippen LogP) is 2.37. The average Bonchev–Trinajstić information content (AvgIpc) is 2.67. The van der Waals surface area contributed by atoms with Gasteiger partial charge in [-0.1, -0.05) is 11.6 Å². The quantitative estimate of drug-likeness (QED) is 0.753. The minimum absolute atomic E-state index is 0.0302. The number of amides is 2. The summed E-state index contributed by atoms with van der Waals surface area (Å²) in [7, 11) is 0. The van der Waals surface area contributed by atoms with Gasteiger partial charge in [0.2, 0.25) is 5.91 Å². The molecule has 2 N–H and O–H groups in total. The van der Waals surface area contributed by atoms with Crippen LogP contribution < -0.4 is 10.1 Å². The van der Waals surface area contributed by atoms with E-state index in [2.05, 4.69) is 5.32 Å². The molecule has 166 valence electrons. The van der Waals surface area contributed by atoms with E-state index in [4.69, 9.17) is 21.1 Å². The van der Waals surface area contributed by atoms with Gasteiger partial charge in [0.15, 0.2) is 6.61 Å². The van der Waals surface area contributed by atoms with Crippen molar-refractivity contribution >= 4 is 23.4 Å².